The van der Waals surface area contributed by atoms with Crippen LogP contribution >= 0.6 is 0 Å². The van der Waals surface area contributed by atoms with Crippen LogP contribution in [0.5, 0.6) is 0 Å². The maximum atomic E-state index is 13.3. The number of nitrogens with zero attached hydrogens (tertiary/aromatic N) is 3. The number of aromatic nitrogens is 2. The maximum Gasteiger partial charge on any atom is 0.262 e. The van der Waals surface area contributed by atoms with Crippen molar-refractivity contribution in [1.29, 1.82) is 0 Å². The smallest absolute Gasteiger partial charge is 0.262 e. The fourth-order valence-electron chi connectivity index (χ4n) is 4.26. The molecule has 168 valence electrons. The minimum atomic E-state index is -3.91. The third kappa shape index (κ3) is 4.70. The number of imidazole rings is 1. The van der Waals surface area contributed by atoms with Crippen LogP contribution in [0.2, 0.25) is 0 Å². The first-order chi connectivity index (χ1) is 14.3. The maximum absolute atomic E-state index is 13.3. The first-order valence-electron chi connectivity index (χ1n) is 10.5. The van der Waals surface area contributed by atoms with E-state index in [-0.39, 0.29) is 49.3 Å². The molecule has 1 saturated carbocycles. The van der Waals surface area contributed by atoms with Gasteiger partial charge < -0.3 is 24.5 Å². The van der Waals surface area contributed by atoms with Gasteiger partial charge in [-0.1, -0.05) is 0 Å². The Balaban J connectivity index is 1.47. The lowest BCUT2D eigenvalue weighted by Gasteiger charge is -2.43. The summed E-state index contributed by atoms with van der Waals surface area (Å²) in [5.41, 5.74) is 0. The topological polar surface area (TPSA) is 123 Å². The van der Waals surface area contributed by atoms with Crippen molar-refractivity contribution >= 4 is 15.9 Å². The second-order valence-corrected chi connectivity index (χ2v) is 10.3. The van der Waals surface area contributed by atoms with Crippen LogP contribution in [0.1, 0.15) is 38.5 Å². The van der Waals surface area contributed by atoms with Crippen molar-refractivity contribution in [2.45, 2.75) is 73.9 Å². The predicted molar refractivity (Wildman–Crippen MR) is 106 cm³/mol. The van der Waals surface area contributed by atoms with Gasteiger partial charge in [0.2, 0.25) is 5.91 Å². The number of ether oxygens (including phenoxy) is 2. The molecule has 1 amide bonds. The summed E-state index contributed by atoms with van der Waals surface area (Å²) in [6, 6.07) is -0.211. The van der Waals surface area contributed by atoms with Gasteiger partial charge in [0.1, 0.15) is 0 Å². The lowest BCUT2D eigenvalue weighted by Crippen LogP contribution is -2.57. The van der Waals surface area contributed by atoms with E-state index in [0.717, 1.165) is 19.3 Å². The number of hydrogen-bond acceptors (Lipinski definition) is 7. The Bertz CT molecular complexity index is 855. The molecule has 3 aliphatic rings. The zero-order valence-corrected chi connectivity index (χ0v) is 18.0. The summed E-state index contributed by atoms with van der Waals surface area (Å²) < 4.78 is 41.1. The van der Waals surface area contributed by atoms with Crippen LogP contribution < -0.4 is 5.32 Å². The van der Waals surface area contributed by atoms with E-state index in [1.807, 2.05) is 0 Å². The van der Waals surface area contributed by atoms with E-state index in [0.29, 0.717) is 12.8 Å². The molecule has 0 spiro atoms. The van der Waals surface area contributed by atoms with E-state index in [1.165, 1.54) is 16.8 Å². The second-order valence-electron chi connectivity index (χ2n) is 8.48. The SMILES string of the molecule is Cn1cnc(S(=O)(=O)N2C[C@H](O)COC[C@H]3O[C@H](CC(=O)NC4CCC4)CC[C@@H]32)c1. The van der Waals surface area contributed by atoms with Gasteiger partial charge in [-0.3, -0.25) is 4.79 Å². The number of amides is 1. The average Bonchev–Trinajstić information content (AvgIpc) is 3.09. The number of carbonyl (C=O) groups excluding carboxylic acids is 1. The van der Waals surface area contributed by atoms with Gasteiger partial charge in [-0.2, -0.15) is 4.31 Å². The fraction of sp³-hybridized carbons (Fsp3) is 0.789. The molecule has 0 bridgehead atoms. The van der Waals surface area contributed by atoms with Crippen molar-refractivity contribution in [3.8, 4) is 0 Å². The van der Waals surface area contributed by atoms with E-state index in [9.17, 15) is 18.3 Å². The van der Waals surface area contributed by atoms with Crippen molar-refractivity contribution in [3.05, 3.63) is 12.5 Å². The van der Waals surface area contributed by atoms with Crippen molar-refractivity contribution in [1.82, 2.24) is 19.2 Å². The zero-order chi connectivity index (χ0) is 21.3. The van der Waals surface area contributed by atoms with Gasteiger partial charge in [-0.15, -0.1) is 0 Å². The van der Waals surface area contributed by atoms with Crippen LogP contribution in [0, 0.1) is 0 Å². The molecule has 11 heteroatoms. The van der Waals surface area contributed by atoms with Crippen LogP contribution in [0.15, 0.2) is 17.6 Å². The predicted octanol–water partition coefficient (Wildman–Crippen LogP) is -0.223. The number of aliphatic hydroxyl groups excluding tert-OH is 1. The minimum absolute atomic E-state index is 0.0215. The molecule has 1 aromatic rings. The third-order valence-electron chi connectivity index (χ3n) is 6.07. The number of aryl methyl sites for hydroxylation is 1. The van der Waals surface area contributed by atoms with Gasteiger partial charge in [0.25, 0.3) is 10.0 Å². The molecule has 0 radical (unpaired) electrons. The molecule has 2 aliphatic heterocycles. The lowest BCUT2D eigenvalue weighted by molar-refractivity contribution is -0.147. The highest BCUT2D eigenvalue weighted by molar-refractivity contribution is 7.89. The summed E-state index contributed by atoms with van der Waals surface area (Å²) in [6.45, 7) is 0.0978. The molecular weight excluding hydrogens is 412 g/mol. The van der Waals surface area contributed by atoms with Crippen LogP contribution in [-0.2, 0) is 31.3 Å². The van der Waals surface area contributed by atoms with Crippen molar-refractivity contribution in [3.63, 3.8) is 0 Å². The van der Waals surface area contributed by atoms with Crippen LogP contribution in [0.25, 0.3) is 0 Å². The number of carbonyl (C=O) groups is 1. The number of aliphatic hydroxyl groups is 1. The number of sulfonamides is 1. The van der Waals surface area contributed by atoms with Gasteiger partial charge in [-0.05, 0) is 32.1 Å². The molecule has 1 aliphatic carbocycles. The number of nitrogens with one attached hydrogen (secondary N) is 1. The van der Waals surface area contributed by atoms with Gasteiger partial charge >= 0.3 is 0 Å². The molecule has 4 atom stereocenters. The molecule has 2 saturated heterocycles. The molecule has 3 heterocycles. The van der Waals surface area contributed by atoms with E-state index < -0.39 is 28.3 Å². The van der Waals surface area contributed by atoms with Crippen LogP contribution in [0.3, 0.4) is 0 Å². The van der Waals surface area contributed by atoms with Gasteiger partial charge in [0, 0.05) is 25.8 Å². The summed E-state index contributed by atoms with van der Waals surface area (Å²) in [6.07, 6.45) is 5.70. The van der Waals surface area contributed by atoms with Gasteiger partial charge in [0.05, 0.1) is 50.3 Å². The van der Waals surface area contributed by atoms with E-state index >= 15 is 0 Å². The molecule has 30 heavy (non-hydrogen) atoms. The standard InChI is InChI=1S/C19H30N4O6S/c1-22-9-19(20-12-22)30(26,27)23-8-14(24)10-28-11-17-16(23)6-5-15(29-17)7-18(25)21-13-3-2-4-13/h9,12-17,24H,2-8,10-11H2,1H3,(H,21,25)/t14-,15-,16-,17+/m0/s1. The monoisotopic (exact) mass is 442 g/mol. The van der Waals surface area contributed by atoms with Crippen molar-refractivity contribution in [2.75, 3.05) is 19.8 Å². The highest BCUT2D eigenvalue weighted by atomic mass is 32.2. The van der Waals surface area contributed by atoms with E-state index in [4.69, 9.17) is 9.47 Å². The number of β-amino-alcohol motifs (C(OH)–C–C–N with tert-alkyl or cyclic N) is 1. The Kier molecular flexibility index (Phi) is 6.44. The Morgan fingerprint density at radius 3 is 2.77 bits per heavy atom. The Labute approximate surface area is 176 Å². The van der Waals surface area contributed by atoms with Crippen LogP contribution in [-0.4, -0.2) is 83.4 Å². The van der Waals surface area contributed by atoms with Crippen molar-refractivity contribution < 1.29 is 27.8 Å². The molecule has 2 N–H and O–H groups in total. The minimum Gasteiger partial charge on any atom is -0.389 e. The highest BCUT2D eigenvalue weighted by Crippen LogP contribution is 2.31. The summed E-state index contributed by atoms with van der Waals surface area (Å²) in [4.78, 5) is 16.3. The zero-order valence-electron chi connectivity index (χ0n) is 17.1. The molecule has 0 unspecified atom stereocenters. The molecule has 1 aromatic heterocycles. The Morgan fingerprint density at radius 2 is 2.10 bits per heavy atom. The molecular formula is C19H30N4O6S. The van der Waals surface area contributed by atoms with Crippen molar-refractivity contribution in [2.24, 2.45) is 7.05 Å². The first kappa shape index (κ1) is 21.7. The number of hydrogen-bond donors (Lipinski definition) is 2. The molecule has 4 rings (SSSR count). The fourth-order valence-corrected chi connectivity index (χ4v) is 5.95. The largest absolute Gasteiger partial charge is 0.389 e. The summed E-state index contributed by atoms with van der Waals surface area (Å²) >= 11 is 0. The highest BCUT2D eigenvalue weighted by Gasteiger charge is 2.44. The third-order valence-corrected chi connectivity index (χ3v) is 7.85. The van der Waals surface area contributed by atoms with Gasteiger partial charge in [0.15, 0.2) is 5.03 Å². The lowest BCUT2D eigenvalue weighted by atomic mass is 9.92. The molecule has 3 fully saturated rings. The second kappa shape index (κ2) is 8.91. The van der Waals surface area contributed by atoms with E-state index in [1.54, 1.807) is 11.6 Å². The average molecular weight is 443 g/mol. The molecule has 0 aromatic carbocycles. The number of rotatable bonds is 5. The van der Waals surface area contributed by atoms with E-state index in [2.05, 4.69) is 10.3 Å². The Morgan fingerprint density at radius 1 is 1.30 bits per heavy atom. The van der Waals surface area contributed by atoms with Crippen LogP contribution in [0.4, 0.5) is 0 Å². The first-order valence-corrected chi connectivity index (χ1v) is 12.0. The van der Waals surface area contributed by atoms with Gasteiger partial charge in [-0.25, -0.2) is 13.4 Å². The molecule has 10 nitrogen and oxygen atoms in total. The summed E-state index contributed by atoms with van der Waals surface area (Å²) in [5.74, 6) is -0.0247. The summed E-state index contributed by atoms with van der Waals surface area (Å²) in [7, 11) is -2.21. The Hall–Kier alpha value is -1.53. The number of fused-ring (bicyclic) bond motifs is 1. The quantitative estimate of drug-likeness (QED) is 0.646. The normalized spacial score (nSPS) is 31.3. The summed E-state index contributed by atoms with van der Waals surface area (Å²) in [5, 5.41) is 13.2.